The summed E-state index contributed by atoms with van der Waals surface area (Å²) in [5, 5.41) is 2.46. The number of methoxy groups -OCH3 is 1. The van der Waals surface area contributed by atoms with E-state index >= 15 is 0 Å². The van der Waals surface area contributed by atoms with Gasteiger partial charge in [0.05, 0.1) is 18.8 Å². The van der Waals surface area contributed by atoms with Gasteiger partial charge in [0.2, 0.25) is 5.91 Å². The first-order valence-electron chi connectivity index (χ1n) is 9.46. The molecule has 2 aromatic heterocycles. The van der Waals surface area contributed by atoms with Gasteiger partial charge in [0.25, 0.3) is 5.56 Å². The second-order valence-electron chi connectivity index (χ2n) is 6.97. The minimum atomic E-state index is -0.214. The average molecular weight is 420 g/mol. The summed E-state index contributed by atoms with van der Waals surface area (Å²) >= 11 is 1.42. The Bertz CT molecular complexity index is 1230. The van der Waals surface area contributed by atoms with Gasteiger partial charge in [-0.2, -0.15) is 0 Å². The molecule has 1 amide bonds. The molecule has 4 rings (SSSR count). The lowest BCUT2D eigenvalue weighted by Gasteiger charge is -2.18. The third-order valence-corrected chi connectivity index (χ3v) is 5.84. The van der Waals surface area contributed by atoms with Crippen LogP contribution >= 0.6 is 11.3 Å². The first-order chi connectivity index (χ1) is 14.6. The third kappa shape index (κ3) is 3.97. The number of likely N-dealkylation sites (N-methyl/N-ethyl adjacent to an activating group) is 1. The molecule has 0 radical (unpaired) electrons. The first-order valence-corrected chi connectivity index (χ1v) is 10.3. The number of hydrogen-bond donors (Lipinski definition) is 0. The maximum atomic E-state index is 13.2. The number of carbonyl (C=O) groups excluding carboxylic acids is 1. The largest absolute Gasteiger partial charge is 0.497 e. The Morgan fingerprint density at radius 2 is 1.87 bits per heavy atom. The highest BCUT2D eigenvalue weighted by Gasteiger charge is 2.16. The fourth-order valence-corrected chi connectivity index (χ4v) is 4.18. The van der Waals surface area contributed by atoms with Crippen LogP contribution in [0.25, 0.3) is 21.3 Å². The van der Waals surface area contributed by atoms with Crippen molar-refractivity contribution in [2.75, 3.05) is 14.2 Å². The summed E-state index contributed by atoms with van der Waals surface area (Å²) in [6, 6.07) is 17.3. The number of nitrogens with zero attached hydrogens (tertiary/aromatic N) is 3. The van der Waals surface area contributed by atoms with Crippen LogP contribution in [-0.2, 0) is 17.9 Å². The second kappa shape index (κ2) is 8.51. The van der Waals surface area contributed by atoms with Crippen molar-refractivity contribution in [3.8, 4) is 16.9 Å². The van der Waals surface area contributed by atoms with E-state index in [0.717, 1.165) is 22.4 Å². The summed E-state index contributed by atoms with van der Waals surface area (Å²) in [4.78, 5) is 32.5. The Balaban J connectivity index is 1.61. The second-order valence-corrected chi connectivity index (χ2v) is 7.83. The van der Waals surface area contributed by atoms with Crippen LogP contribution in [0.15, 0.2) is 71.1 Å². The number of rotatable bonds is 6. The Hall–Kier alpha value is -3.45. The van der Waals surface area contributed by atoms with Crippen molar-refractivity contribution >= 4 is 27.5 Å². The van der Waals surface area contributed by atoms with Gasteiger partial charge in [-0.05, 0) is 23.3 Å². The van der Waals surface area contributed by atoms with Crippen molar-refractivity contribution in [1.82, 2.24) is 14.5 Å². The molecule has 2 aromatic carbocycles. The van der Waals surface area contributed by atoms with E-state index in [2.05, 4.69) is 4.98 Å². The molecule has 0 atom stereocenters. The number of carbonyl (C=O) groups is 1. The van der Waals surface area contributed by atoms with Crippen LogP contribution in [0.3, 0.4) is 0 Å². The lowest BCUT2D eigenvalue weighted by molar-refractivity contribution is -0.131. The zero-order valence-electron chi connectivity index (χ0n) is 16.7. The maximum Gasteiger partial charge on any atom is 0.263 e. The van der Waals surface area contributed by atoms with E-state index in [4.69, 9.17) is 4.74 Å². The summed E-state index contributed by atoms with van der Waals surface area (Å²) in [5.41, 5.74) is 2.54. The molecule has 0 saturated heterocycles. The molecular weight excluding hydrogens is 398 g/mol. The molecule has 0 spiro atoms. The lowest BCUT2D eigenvalue weighted by Crippen LogP contribution is -2.33. The van der Waals surface area contributed by atoms with Crippen LogP contribution in [0.5, 0.6) is 5.75 Å². The minimum absolute atomic E-state index is 0.0526. The predicted molar refractivity (Wildman–Crippen MR) is 119 cm³/mol. The number of fused-ring (bicyclic) bond motifs is 1. The van der Waals surface area contributed by atoms with Crippen LogP contribution < -0.4 is 10.3 Å². The average Bonchev–Trinajstić information content (AvgIpc) is 3.21. The number of ether oxygens (including phenoxy) is 1. The number of amides is 1. The van der Waals surface area contributed by atoms with Crippen LogP contribution in [0.2, 0.25) is 0 Å². The Labute approximate surface area is 178 Å². The van der Waals surface area contributed by atoms with Crippen molar-refractivity contribution in [3.63, 3.8) is 0 Å². The molecule has 0 aliphatic heterocycles. The van der Waals surface area contributed by atoms with Crippen molar-refractivity contribution in [1.29, 1.82) is 0 Å². The maximum absolute atomic E-state index is 13.2. The molecule has 2 heterocycles. The monoisotopic (exact) mass is 419 g/mol. The summed E-state index contributed by atoms with van der Waals surface area (Å²) in [6.45, 7) is 0.433. The number of thiophene rings is 1. The van der Waals surface area contributed by atoms with E-state index in [-0.39, 0.29) is 18.0 Å². The highest BCUT2D eigenvalue weighted by atomic mass is 32.1. The van der Waals surface area contributed by atoms with E-state index in [9.17, 15) is 9.59 Å². The molecule has 0 N–H and O–H groups in total. The molecule has 0 saturated carbocycles. The van der Waals surface area contributed by atoms with Gasteiger partial charge in [-0.25, -0.2) is 4.98 Å². The Morgan fingerprint density at radius 3 is 2.57 bits per heavy atom. The zero-order valence-corrected chi connectivity index (χ0v) is 17.6. The van der Waals surface area contributed by atoms with Crippen molar-refractivity contribution in [2.45, 2.75) is 13.1 Å². The summed E-state index contributed by atoms with van der Waals surface area (Å²) in [5.74, 6) is 0.601. The molecular formula is C23H21N3O3S. The van der Waals surface area contributed by atoms with Gasteiger partial charge in [0, 0.05) is 24.5 Å². The minimum Gasteiger partial charge on any atom is -0.497 e. The van der Waals surface area contributed by atoms with Crippen LogP contribution in [0.1, 0.15) is 5.56 Å². The Morgan fingerprint density at radius 1 is 1.13 bits per heavy atom. The highest BCUT2D eigenvalue weighted by Crippen LogP contribution is 2.31. The number of hydrogen-bond acceptors (Lipinski definition) is 5. The SMILES string of the molecule is COc1ccc(-c2csc3ncn(CC(=O)N(C)Cc4ccccc4)c(=O)c23)cc1. The highest BCUT2D eigenvalue weighted by molar-refractivity contribution is 7.17. The normalized spacial score (nSPS) is 10.9. The van der Waals surface area contributed by atoms with Crippen molar-refractivity contribution in [3.05, 3.63) is 82.2 Å². The molecule has 0 fully saturated rings. The standard InChI is InChI=1S/C23H21N3O3S/c1-25(12-16-6-4-3-5-7-16)20(27)13-26-15-24-22-21(23(26)28)19(14-30-22)17-8-10-18(29-2)11-9-17/h3-11,14-15H,12-13H2,1-2H3. The van der Waals surface area contributed by atoms with Gasteiger partial charge in [-0.15, -0.1) is 11.3 Å². The molecule has 0 aliphatic rings. The van der Waals surface area contributed by atoms with Crippen LogP contribution in [0, 0.1) is 0 Å². The van der Waals surface area contributed by atoms with E-state index in [1.165, 1.54) is 22.2 Å². The summed E-state index contributed by atoms with van der Waals surface area (Å²) < 4.78 is 6.59. The zero-order chi connectivity index (χ0) is 21.1. The Kier molecular flexibility index (Phi) is 5.63. The molecule has 0 unspecified atom stereocenters. The van der Waals surface area contributed by atoms with E-state index < -0.39 is 0 Å². The summed E-state index contributed by atoms with van der Waals surface area (Å²) in [7, 11) is 3.35. The van der Waals surface area contributed by atoms with E-state index in [1.54, 1.807) is 19.1 Å². The third-order valence-electron chi connectivity index (χ3n) is 4.96. The molecule has 6 nitrogen and oxygen atoms in total. The lowest BCUT2D eigenvalue weighted by atomic mass is 10.1. The van der Waals surface area contributed by atoms with Gasteiger partial charge < -0.3 is 9.64 Å². The van der Waals surface area contributed by atoms with Gasteiger partial charge in [-0.3, -0.25) is 14.2 Å². The molecule has 0 aliphatic carbocycles. The van der Waals surface area contributed by atoms with Crippen molar-refractivity contribution < 1.29 is 9.53 Å². The molecule has 7 heteroatoms. The first kappa shape index (κ1) is 19.8. The van der Waals surface area contributed by atoms with Gasteiger partial charge in [0.1, 0.15) is 17.1 Å². The fraction of sp³-hybridized carbons (Fsp3) is 0.174. The molecule has 4 aromatic rings. The quantitative estimate of drug-likeness (QED) is 0.477. The van der Waals surface area contributed by atoms with Crippen LogP contribution in [-0.4, -0.2) is 34.5 Å². The number of benzene rings is 2. The smallest absolute Gasteiger partial charge is 0.263 e. The van der Waals surface area contributed by atoms with Gasteiger partial charge >= 0.3 is 0 Å². The molecule has 152 valence electrons. The topological polar surface area (TPSA) is 64.4 Å². The van der Waals surface area contributed by atoms with Crippen LogP contribution in [0.4, 0.5) is 0 Å². The molecule has 0 bridgehead atoms. The number of aromatic nitrogens is 2. The molecule has 30 heavy (non-hydrogen) atoms. The fourth-order valence-electron chi connectivity index (χ4n) is 3.28. The summed E-state index contributed by atoms with van der Waals surface area (Å²) in [6.07, 6.45) is 1.45. The predicted octanol–water partition coefficient (Wildman–Crippen LogP) is 3.79. The van der Waals surface area contributed by atoms with Gasteiger partial charge in [0.15, 0.2) is 0 Å². The van der Waals surface area contributed by atoms with E-state index in [1.807, 2.05) is 60.0 Å². The van der Waals surface area contributed by atoms with E-state index in [0.29, 0.717) is 16.8 Å². The van der Waals surface area contributed by atoms with Crippen molar-refractivity contribution in [2.24, 2.45) is 0 Å². The van der Waals surface area contributed by atoms with Gasteiger partial charge in [-0.1, -0.05) is 42.5 Å².